The van der Waals surface area contributed by atoms with Crippen LogP contribution >= 0.6 is 0 Å². The van der Waals surface area contributed by atoms with Crippen molar-refractivity contribution in [3.63, 3.8) is 0 Å². The smallest absolute Gasteiger partial charge is 0.128 e. The first kappa shape index (κ1) is 14.7. The molecule has 5 heteroatoms. The molecule has 0 radical (unpaired) electrons. The molecular formula is C13H23N3O2. The highest BCUT2D eigenvalue weighted by Crippen LogP contribution is 2.08. The number of pyridine rings is 1. The SMILES string of the molecule is CCNc1cccc(NCCCOCCOC)n1. The minimum atomic E-state index is 0.652. The lowest BCUT2D eigenvalue weighted by Crippen LogP contribution is -2.09. The fourth-order valence-electron chi connectivity index (χ4n) is 1.45. The van der Waals surface area contributed by atoms with Gasteiger partial charge in [0.05, 0.1) is 13.2 Å². The van der Waals surface area contributed by atoms with Crippen LogP contribution in [0, 0.1) is 0 Å². The van der Waals surface area contributed by atoms with E-state index in [1.165, 1.54) is 0 Å². The van der Waals surface area contributed by atoms with E-state index < -0.39 is 0 Å². The first-order chi connectivity index (χ1) is 8.86. The summed E-state index contributed by atoms with van der Waals surface area (Å²) in [6, 6.07) is 5.91. The molecule has 0 aliphatic heterocycles. The lowest BCUT2D eigenvalue weighted by Gasteiger charge is -2.08. The predicted molar refractivity (Wildman–Crippen MR) is 74.2 cm³/mol. The number of nitrogens with one attached hydrogen (secondary N) is 2. The Morgan fingerprint density at radius 1 is 1.11 bits per heavy atom. The molecule has 0 saturated carbocycles. The molecule has 0 fully saturated rings. The minimum Gasteiger partial charge on any atom is -0.382 e. The Balaban J connectivity index is 2.13. The van der Waals surface area contributed by atoms with Gasteiger partial charge < -0.3 is 20.1 Å². The summed E-state index contributed by atoms with van der Waals surface area (Å²) in [5.74, 6) is 1.80. The van der Waals surface area contributed by atoms with Crippen LogP contribution in [0.5, 0.6) is 0 Å². The summed E-state index contributed by atoms with van der Waals surface area (Å²) in [6.45, 7) is 5.84. The van der Waals surface area contributed by atoms with Crippen LogP contribution in [0.25, 0.3) is 0 Å². The molecule has 0 amide bonds. The van der Waals surface area contributed by atoms with Crippen LogP contribution in [0.2, 0.25) is 0 Å². The molecule has 1 aromatic rings. The highest BCUT2D eigenvalue weighted by atomic mass is 16.5. The Labute approximate surface area is 109 Å². The standard InChI is InChI=1S/C13H23N3O2/c1-3-14-12-6-4-7-13(16-12)15-8-5-9-18-11-10-17-2/h4,6-7H,3,5,8-11H2,1-2H3,(H2,14,15,16). The maximum atomic E-state index is 5.38. The van der Waals surface area contributed by atoms with Crippen LogP contribution in [0.3, 0.4) is 0 Å². The van der Waals surface area contributed by atoms with Crippen LogP contribution in [0.1, 0.15) is 13.3 Å². The van der Waals surface area contributed by atoms with Crippen molar-refractivity contribution >= 4 is 11.6 Å². The molecule has 0 aliphatic carbocycles. The molecule has 0 unspecified atom stereocenters. The third kappa shape index (κ3) is 6.42. The largest absolute Gasteiger partial charge is 0.382 e. The second-order valence-electron chi connectivity index (χ2n) is 3.82. The Bertz CT molecular complexity index is 321. The van der Waals surface area contributed by atoms with Crippen LogP contribution < -0.4 is 10.6 Å². The number of hydrogen-bond donors (Lipinski definition) is 2. The van der Waals surface area contributed by atoms with E-state index in [-0.39, 0.29) is 0 Å². The fourth-order valence-corrected chi connectivity index (χ4v) is 1.45. The van der Waals surface area contributed by atoms with Crippen LogP contribution in [-0.2, 0) is 9.47 Å². The zero-order valence-corrected chi connectivity index (χ0v) is 11.2. The van der Waals surface area contributed by atoms with Crippen molar-refractivity contribution < 1.29 is 9.47 Å². The van der Waals surface area contributed by atoms with Gasteiger partial charge in [0.15, 0.2) is 0 Å². The van der Waals surface area contributed by atoms with E-state index in [2.05, 4.69) is 22.5 Å². The molecule has 1 rings (SSSR count). The van der Waals surface area contributed by atoms with E-state index in [9.17, 15) is 0 Å². The first-order valence-electron chi connectivity index (χ1n) is 6.38. The third-order valence-corrected chi connectivity index (χ3v) is 2.31. The molecular weight excluding hydrogens is 230 g/mol. The molecule has 2 N–H and O–H groups in total. The fraction of sp³-hybridized carbons (Fsp3) is 0.615. The summed E-state index contributed by atoms with van der Waals surface area (Å²) in [5, 5.41) is 6.45. The van der Waals surface area contributed by atoms with Gasteiger partial charge in [-0.3, -0.25) is 0 Å². The van der Waals surface area contributed by atoms with Gasteiger partial charge in [0.2, 0.25) is 0 Å². The van der Waals surface area contributed by atoms with Gasteiger partial charge in [0, 0.05) is 26.8 Å². The van der Waals surface area contributed by atoms with Gasteiger partial charge in [0.1, 0.15) is 11.6 Å². The van der Waals surface area contributed by atoms with Crippen molar-refractivity contribution in [2.75, 3.05) is 50.7 Å². The molecule has 0 saturated heterocycles. The van der Waals surface area contributed by atoms with E-state index in [4.69, 9.17) is 9.47 Å². The summed E-state index contributed by atoms with van der Waals surface area (Å²) in [5.41, 5.74) is 0. The first-order valence-corrected chi connectivity index (χ1v) is 6.38. The Kier molecular flexibility index (Phi) is 7.92. The second-order valence-corrected chi connectivity index (χ2v) is 3.82. The number of methoxy groups -OCH3 is 1. The highest BCUT2D eigenvalue weighted by molar-refractivity contribution is 5.44. The van der Waals surface area contributed by atoms with Crippen LogP contribution in [-0.4, -0.2) is 45.0 Å². The van der Waals surface area contributed by atoms with Crippen LogP contribution in [0.4, 0.5) is 11.6 Å². The van der Waals surface area contributed by atoms with Gasteiger partial charge in [-0.2, -0.15) is 0 Å². The molecule has 0 aliphatic rings. The van der Waals surface area contributed by atoms with Crippen molar-refractivity contribution in [2.45, 2.75) is 13.3 Å². The van der Waals surface area contributed by atoms with E-state index in [0.717, 1.165) is 37.8 Å². The van der Waals surface area contributed by atoms with Crippen molar-refractivity contribution in [3.8, 4) is 0 Å². The van der Waals surface area contributed by atoms with Gasteiger partial charge >= 0.3 is 0 Å². The maximum Gasteiger partial charge on any atom is 0.128 e. The number of ether oxygens (including phenoxy) is 2. The Hall–Kier alpha value is -1.33. The zero-order chi connectivity index (χ0) is 13.1. The number of aromatic nitrogens is 1. The summed E-state index contributed by atoms with van der Waals surface area (Å²) < 4.78 is 10.3. The second kappa shape index (κ2) is 9.67. The summed E-state index contributed by atoms with van der Waals surface area (Å²) in [4.78, 5) is 4.43. The van der Waals surface area contributed by atoms with E-state index in [1.807, 2.05) is 18.2 Å². The third-order valence-electron chi connectivity index (χ3n) is 2.31. The Morgan fingerprint density at radius 2 is 1.89 bits per heavy atom. The normalized spacial score (nSPS) is 10.3. The molecule has 0 bridgehead atoms. The number of anilines is 2. The molecule has 0 aromatic carbocycles. The van der Waals surface area contributed by atoms with Gasteiger partial charge in [0.25, 0.3) is 0 Å². The van der Waals surface area contributed by atoms with Gasteiger partial charge in [-0.25, -0.2) is 4.98 Å². The van der Waals surface area contributed by atoms with Crippen molar-refractivity contribution in [1.29, 1.82) is 0 Å². The summed E-state index contributed by atoms with van der Waals surface area (Å²) in [6.07, 6.45) is 0.955. The van der Waals surface area contributed by atoms with E-state index in [1.54, 1.807) is 7.11 Å². The molecule has 18 heavy (non-hydrogen) atoms. The monoisotopic (exact) mass is 253 g/mol. The molecule has 1 heterocycles. The quantitative estimate of drug-likeness (QED) is 0.624. The zero-order valence-electron chi connectivity index (χ0n) is 11.2. The van der Waals surface area contributed by atoms with Crippen molar-refractivity contribution in [3.05, 3.63) is 18.2 Å². The van der Waals surface area contributed by atoms with Gasteiger partial charge in [-0.1, -0.05) is 6.07 Å². The average molecular weight is 253 g/mol. The molecule has 0 spiro atoms. The Morgan fingerprint density at radius 3 is 2.61 bits per heavy atom. The van der Waals surface area contributed by atoms with Crippen molar-refractivity contribution in [2.24, 2.45) is 0 Å². The van der Waals surface area contributed by atoms with E-state index in [0.29, 0.717) is 13.2 Å². The van der Waals surface area contributed by atoms with Crippen molar-refractivity contribution in [1.82, 2.24) is 4.98 Å². The summed E-state index contributed by atoms with van der Waals surface area (Å²) >= 11 is 0. The summed E-state index contributed by atoms with van der Waals surface area (Å²) in [7, 11) is 1.67. The molecule has 5 nitrogen and oxygen atoms in total. The molecule has 0 atom stereocenters. The van der Waals surface area contributed by atoms with Gasteiger partial charge in [-0.05, 0) is 25.5 Å². The van der Waals surface area contributed by atoms with Gasteiger partial charge in [-0.15, -0.1) is 0 Å². The number of nitrogens with zero attached hydrogens (tertiary/aromatic N) is 1. The minimum absolute atomic E-state index is 0.652. The lowest BCUT2D eigenvalue weighted by molar-refractivity contribution is 0.0705. The molecule has 1 aromatic heterocycles. The number of rotatable bonds is 10. The predicted octanol–water partition coefficient (Wildman–Crippen LogP) is 1.98. The highest BCUT2D eigenvalue weighted by Gasteiger charge is 1.96. The van der Waals surface area contributed by atoms with E-state index >= 15 is 0 Å². The maximum absolute atomic E-state index is 5.38. The molecule has 102 valence electrons. The lowest BCUT2D eigenvalue weighted by atomic mass is 10.4. The topological polar surface area (TPSA) is 55.4 Å². The number of hydrogen-bond acceptors (Lipinski definition) is 5. The average Bonchev–Trinajstić information content (AvgIpc) is 2.39. The van der Waals surface area contributed by atoms with Crippen LogP contribution in [0.15, 0.2) is 18.2 Å².